The molecule has 0 heterocycles. The fourth-order valence-electron chi connectivity index (χ4n) is 4.33. The van der Waals surface area contributed by atoms with E-state index in [4.69, 9.17) is 13.9 Å². The van der Waals surface area contributed by atoms with E-state index in [0.29, 0.717) is 28.8 Å². The molecule has 0 saturated heterocycles. The van der Waals surface area contributed by atoms with Gasteiger partial charge in [-0.2, -0.15) is 0 Å². The van der Waals surface area contributed by atoms with Crippen molar-refractivity contribution < 1.29 is 23.5 Å². The van der Waals surface area contributed by atoms with Crippen molar-refractivity contribution in [3.8, 4) is 0 Å². The molecule has 0 aliphatic heterocycles. The Hall–Kier alpha value is -1.66. The molecule has 0 unspecified atom stereocenters. The minimum Gasteiger partial charge on any atom is -0.465 e. The van der Waals surface area contributed by atoms with Crippen molar-refractivity contribution in [1.82, 2.24) is 0 Å². The molecule has 1 aromatic rings. The average molecular weight is 423 g/mol. The quantitative estimate of drug-likeness (QED) is 0.264. The molecule has 164 valence electrons. The van der Waals surface area contributed by atoms with Gasteiger partial charge in [0.05, 0.1) is 19.8 Å². The van der Waals surface area contributed by atoms with Crippen LogP contribution in [0, 0.1) is 0 Å². The molecule has 1 aromatic carbocycles. The van der Waals surface area contributed by atoms with Gasteiger partial charge in [0.2, 0.25) is 8.32 Å². The van der Waals surface area contributed by atoms with Crippen LogP contribution in [0.1, 0.15) is 72.4 Å². The first kappa shape index (κ1) is 25.4. The Labute approximate surface area is 177 Å². The zero-order valence-electron chi connectivity index (χ0n) is 19.3. The molecule has 0 aliphatic rings. The zero-order chi connectivity index (χ0) is 22.2. The third-order valence-corrected chi connectivity index (χ3v) is 11.6. The second-order valence-electron chi connectivity index (χ2n) is 8.29. The summed E-state index contributed by atoms with van der Waals surface area (Å²) >= 11 is 0. The standard InChI is InChI=1S/C23H38O5Si/c1-9-26-22(24)21(23(25)27-10-2)20-13-11-19(12-14-20)15-28-29(16(3)4,17(5)6)18(7)8/h11-14,16-18,21H,9-10,15H2,1-8H3. The Morgan fingerprint density at radius 2 is 1.21 bits per heavy atom. The Bertz CT molecular complexity index is 612. The summed E-state index contributed by atoms with van der Waals surface area (Å²) in [4.78, 5) is 24.6. The number of ether oxygens (including phenoxy) is 2. The summed E-state index contributed by atoms with van der Waals surface area (Å²) in [5, 5.41) is 0. The topological polar surface area (TPSA) is 61.8 Å². The van der Waals surface area contributed by atoms with Crippen LogP contribution in [-0.2, 0) is 30.1 Å². The Kier molecular flexibility index (Phi) is 10.1. The van der Waals surface area contributed by atoms with E-state index in [-0.39, 0.29) is 13.2 Å². The van der Waals surface area contributed by atoms with Gasteiger partial charge in [0.25, 0.3) is 0 Å². The van der Waals surface area contributed by atoms with Crippen molar-refractivity contribution in [2.75, 3.05) is 13.2 Å². The Morgan fingerprint density at radius 3 is 1.55 bits per heavy atom. The van der Waals surface area contributed by atoms with Crippen molar-refractivity contribution in [2.24, 2.45) is 0 Å². The zero-order valence-corrected chi connectivity index (χ0v) is 20.3. The van der Waals surface area contributed by atoms with Gasteiger partial charge in [-0.15, -0.1) is 0 Å². The normalized spacial score (nSPS) is 12.1. The van der Waals surface area contributed by atoms with E-state index >= 15 is 0 Å². The molecular formula is C23H38O5Si. The first-order chi connectivity index (χ1) is 13.6. The lowest BCUT2D eigenvalue weighted by Gasteiger charge is -2.42. The maximum absolute atomic E-state index is 12.3. The first-order valence-corrected chi connectivity index (χ1v) is 12.8. The molecule has 5 nitrogen and oxygen atoms in total. The molecule has 0 aromatic heterocycles. The summed E-state index contributed by atoms with van der Waals surface area (Å²) in [6.07, 6.45) is 0. The van der Waals surface area contributed by atoms with Crippen LogP contribution in [0.25, 0.3) is 0 Å². The van der Waals surface area contributed by atoms with Crippen molar-refractivity contribution in [1.29, 1.82) is 0 Å². The van der Waals surface area contributed by atoms with E-state index in [1.54, 1.807) is 26.0 Å². The second-order valence-corrected chi connectivity index (χ2v) is 13.7. The fourth-order valence-corrected chi connectivity index (χ4v) is 9.75. The molecule has 0 atom stereocenters. The number of esters is 2. The molecule has 0 fully saturated rings. The highest BCUT2D eigenvalue weighted by atomic mass is 28.4. The van der Waals surface area contributed by atoms with Gasteiger partial charge in [0.15, 0.2) is 5.92 Å². The number of carbonyl (C=O) groups is 2. The van der Waals surface area contributed by atoms with Crippen LogP contribution >= 0.6 is 0 Å². The predicted molar refractivity (Wildman–Crippen MR) is 118 cm³/mol. The number of carbonyl (C=O) groups excluding carboxylic acids is 2. The van der Waals surface area contributed by atoms with E-state index in [0.717, 1.165) is 5.56 Å². The fraction of sp³-hybridized carbons (Fsp3) is 0.652. The van der Waals surface area contributed by atoms with Crippen molar-refractivity contribution in [3.05, 3.63) is 35.4 Å². The lowest BCUT2D eigenvalue weighted by molar-refractivity contribution is -0.156. The first-order valence-electron chi connectivity index (χ1n) is 10.7. The van der Waals surface area contributed by atoms with E-state index in [2.05, 4.69) is 41.5 Å². The molecule has 0 saturated carbocycles. The van der Waals surface area contributed by atoms with E-state index in [9.17, 15) is 9.59 Å². The molecule has 0 bridgehead atoms. The average Bonchev–Trinajstić information content (AvgIpc) is 2.63. The second kappa shape index (κ2) is 11.5. The summed E-state index contributed by atoms with van der Waals surface area (Å²) in [5.41, 5.74) is 3.14. The van der Waals surface area contributed by atoms with Crippen LogP contribution in [0.2, 0.25) is 16.6 Å². The summed E-state index contributed by atoms with van der Waals surface area (Å²) in [7, 11) is -1.95. The predicted octanol–water partition coefficient (Wildman–Crippen LogP) is 5.59. The highest BCUT2D eigenvalue weighted by molar-refractivity contribution is 6.77. The smallest absolute Gasteiger partial charge is 0.324 e. The molecule has 1 rings (SSSR count). The number of benzene rings is 1. The van der Waals surface area contributed by atoms with Crippen molar-refractivity contribution >= 4 is 20.3 Å². The molecular weight excluding hydrogens is 384 g/mol. The molecule has 0 spiro atoms. The van der Waals surface area contributed by atoms with Crippen molar-refractivity contribution in [2.45, 2.75) is 84.5 Å². The monoisotopic (exact) mass is 422 g/mol. The molecule has 6 heteroatoms. The Balaban J connectivity index is 3.04. The lowest BCUT2D eigenvalue weighted by Crippen LogP contribution is -2.47. The lowest BCUT2D eigenvalue weighted by atomic mass is 9.98. The van der Waals surface area contributed by atoms with Gasteiger partial charge in [-0.1, -0.05) is 65.8 Å². The van der Waals surface area contributed by atoms with Gasteiger partial charge in [-0.3, -0.25) is 9.59 Å². The van der Waals surface area contributed by atoms with Crippen molar-refractivity contribution in [3.63, 3.8) is 0 Å². The maximum atomic E-state index is 12.3. The minimum atomic E-state index is -1.95. The summed E-state index contributed by atoms with van der Waals surface area (Å²) in [6, 6.07) is 7.42. The molecule has 0 radical (unpaired) electrons. The highest BCUT2D eigenvalue weighted by Gasteiger charge is 2.45. The summed E-state index contributed by atoms with van der Waals surface area (Å²) < 4.78 is 16.8. The molecule has 29 heavy (non-hydrogen) atoms. The van der Waals surface area contributed by atoms with Gasteiger partial charge in [0.1, 0.15) is 0 Å². The number of hydrogen-bond acceptors (Lipinski definition) is 5. The van der Waals surface area contributed by atoms with Gasteiger partial charge in [0, 0.05) is 0 Å². The number of hydrogen-bond donors (Lipinski definition) is 0. The summed E-state index contributed by atoms with van der Waals surface area (Å²) in [5.74, 6) is -2.22. The van der Waals surface area contributed by atoms with Gasteiger partial charge < -0.3 is 13.9 Å². The molecule has 0 amide bonds. The molecule has 0 N–H and O–H groups in total. The van der Waals surface area contributed by atoms with Gasteiger partial charge >= 0.3 is 11.9 Å². The Morgan fingerprint density at radius 1 is 0.793 bits per heavy atom. The van der Waals surface area contributed by atoms with Crippen LogP contribution in [0.3, 0.4) is 0 Å². The van der Waals surface area contributed by atoms with E-state index in [1.807, 2.05) is 12.1 Å². The van der Waals surface area contributed by atoms with Gasteiger partial charge in [-0.05, 0) is 41.6 Å². The van der Waals surface area contributed by atoms with E-state index in [1.165, 1.54) is 0 Å². The third-order valence-electron chi connectivity index (χ3n) is 5.55. The number of rotatable bonds is 11. The molecule has 0 aliphatic carbocycles. The van der Waals surface area contributed by atoms with Crippen LogP contribution < -0.4 is 0 Å². The van der Waals surface area contributed by atoms with Crippen LogP contribution in [0.15, 0.2) is 24.3 Å². The van der Waals surface area contributed by atoms with Crippen LogP contribution in [0.5, 0.6) is 0 Å². The maximum Gasteiger partial charge on any atom is 0.324 e. The highest BCUT2D eigenvalue weighted by Crippen LogP contribution is 2.42. The SMILES string of the molecule is CCOC(=O)C(C(=O)OCC)c1ccc(CO[Si](C(C)C)(C(C)C)C(C)C)cc1. The summed E-state index contributed by atoms with van der Waals surface area (Å²) in [6.45, 7) is 18.0. The third kappa shape index (κ3) is 6.16. The van der Waals surface area contributed by atoms with Crippen LogP contribution in [0.4, 0.5) is 0 Å². The van der Waals surface area contributed by atoms with Gasteiger partial charge in [-0.25, -0.2) is 0 Å². The minimum absolute atomic E-state index is 0.215. The largest absolute Gasteiger partial charge is 0.465 e. The van der Waals surface area contributed by atoms with Crippen LogP contribution in [-0.4, -0.2) is 33.5 Å². The van der Waals surface area contributed by atoms with E-state index < -0.39 is 26.2 Å².